The minimum atomic E-state index is 0.0418. The Morgan fingerprint density at radius 3 is 2.71 bits per heavy atom. The molecule has 0 radical (unpaired) electrons. The van der Waals surface area contributed by atoms with Crippen molar-refractivity contribution in [2.75, 3.05) is 11.5 Å². The zero-order valence-electron chi connectivity index (χ0n) is 12.4. The fourth-order valence-electron chi connectivity index (χ4n) is 2.86. The normalized spacial score (nSPS) is 17.0. The third kappa shape index (κ3) is 2.77. The number of anilines is 1. The maximum absolute atomic E-state index is 12.1. The van der Waals surface area contributed by atoms with Crippen molar-refractivity contribution in [2.24, 2.45) is 0 Å². The SMILES string of the molecule is CC(=O)N1c2ccc(C)cc2OC[C@H]1Cc1ccccc1. The van der Waals surface area contributed by atoms with Gasteiger partial charge in [-0.1, -0.05) is 36.4 Å². The maximum Gasteiger partial charge on any atom is 0.224 e. The van der Waals surface area contributed by atoms with Crippen LogP contribution in [-0.2, 0) is 11.2 Å². The molecule has 0 bridgehead atoms. The fourth-order valence-corrected chi connectivity index (χ4v) is 2.86. The van der Waals surface area contributed by atoms with Crippen molar-refractivity contribution in [3.05, 3.63) is 59.7 Å². The number of hydrogen-bond donors (Lipinski definition) is 0. The molecule has 1 amide bonds. The summed E-state index contributed by atoms with van der Waals surface area (Å²) in [5.74, 6) is 0.860. The van der Waals surface area contributed by atoms with E-state index in [1.807, 2.05) is 48.2 Å². The molecule has 0 unspecified atom stereocenters. The van der Waals surface area contributed by atoms with Crippen LogP contribution in [0.2, 0.25) is 0 Å². The van der Waals surface area contributed by atoms with E-state index in [1.165, 1.54) is 5.56 Å². The molecular formula is C18H19NO2. The summed E-state index contributed by atoms with van der Waals surface area (Å²) < 4.78 is 5.88. The van der Waals surface area contributed by atoms with Crippen molar-refractivity contribution in [1.29, 1.82) is 0 Å². The van der Waals surface area contributed by atoms with Crippen molar-refractivity contribution >= 4 is 11.6 Å². The van der Waals surface area contributed by atoms with E-state index in [4.69, 9.17) is 4.74 Å². The summed E-state index contributed by atoms with van der Waals surface area (Å²) in [4.78, 5) is 14.0. The Kier molecular flexibility index (Phi) is 3.65. The van der Waals surface area contributed by atoms with E-state index in [0.29, 0.717) is 6.61 Å². The van der Waals surface area contributed by atoms with E-state index in [9.17, 15) is 4.79 Å². The van der Waals surface area contributed by atoms with Crippen LogP contribution in [0.5, 0.6) is 5.75 Å². The predicted octanol–water partition coefficient (Wildman–Crippen LogP) is 3.35. The summed E-state index contributed by atoms with van der Waals surface area (Å²) in [5, 5.41) is 0. The number of amides is 1. The van der Waals surface area contributed by atoms with Gasteiger partial charge in [-0.2, -0.15) is 0 Å². The summed E-state index contributed by atoms with van der Waals surface area (Å²) in [5.41, 5.74) is 3.23. The van der Waals surface area contributed by atoms with Crippen LogP contribution < -0.4 is 9.64 Å². The van der Waals surface area contributed by atoms with Crippen molar-refractivity contribution in [3.63, 3.8) is 0 Å². The van der Waals surface area contributed by atoms with Gasteiger partial charge in [0.15, 0.2) is 0 Å². The molecule has 0 aliphatic carbocycles. The van der Waals surface area contributed by atoms with E-state index in [0.717, 1.165) is 23.4 Å². The van der Waals surface area contributed by atoms with E-state index in [2.05, 4.69) is 12.1 Å². The lowest BCUT2D eigenvalue weighted by molar-refractivity contribution is -0.117. The zero-order valence-corrected chi connectivity index (χ0v) is 12.4. The van der Waals surface area contributed by atoms with Crippen LogP contribution in [0.1, 0.15) is 18.1 Å². The molecule has 0 saturated carbocycles. The van der Waals surface area contributed by atoms with Crippen molar-refractivity contribution in [1.82, 2.24) is 0 Å². The monoisotopic (exact) mass is 281 g/mol. The number of rotatable bonds is 2. The molecule has 1 aliphatic rings. The van der Waals surface area contributed by atoms with Crippen LogP contribution in [-0.4, -0.2) is 18.6 Å². The van der Waals surface area contributed by atoms with Gasteiger partial charge < -0.3 is 9.64 Å². The van der Waals surface area contributed by atoms with Crippen molar-refractivity contribution in [2.45, 2.75) is 26.3 Å². The molecule has 3 heteroatoms. The van der Waals surface area contributed by atoms with Gasteiger partial charge in [0.2, 0.25) is 5.91 Å². The molecule has 108 valence electrons. The predicted molar refractivity (Wildman–Crippen MR) is 83.8 cm³/mol. The minimum Gasteiger partial charge on any atom is -0.489 e. The first-order valence-corrected chi connectivity index (χ1v) is 7.22. The molecule has 0 aromatic heterocycles. The Hall–Kier alpha value is -2.29. The number of nitrogens with zero attached hydrogens (tertiary/aromatic N) is 1. The van der Waals surface area contributed by atoms with Gasteiger partial charge in [-0.25, -0.2) is 0 Å². The van der Waals surface area contributed by atoms with Gasteiger partial charge >= 0.3 is 0 Å². The highest BCUT2D eigenvalue weighted by Gasteiger charge is 2.30. The van der Waals surface area contributed by atoms with Crippen LogP contribution in [0, 0.1) is 6.92 Å². The molecule has 0 spiro atoms. The quantitative estimate of drug-likeness (QED) is 0.845. The summed E-state index contributed by atoms with van der Waals surface area (Å²) in [7, 11) is 0. The molecule has 0 N–H and O–H groups in total. The van der Waals surface area contributed by atoms with Gasteiger partial charge in [0.25, 0.3) is 0 Å². The van der Waals surface area contributed by atoms with E-state index in [-0.39, 0.29) is 11.9 Å². The van der Waals surface area contributed by atoms with Crippen LogP contribution in [0.15, 0.2) is 48.5 Å². The Balaban J connectivity index is 1.92. The average Bonchev–Trinajstić information content (AvgIpc) is 2.48. The second-order valence-corrected chi connectivity index (χ2v) is 5.51. The zero-order chi connectivity index (χ0) is 14.8. The Labute approximate surface area is 125 Å². The van der Waals surface area contributed by atoms with Gasteiger partial charge in [0.05, 0.1) is 11.7 Å². The maximum atomic E-state index is 12.1. The van der Waals surface area contributed by atoms with Crippen molar-refractivity contribution < 1.29 is 9.53 Å². The largest absolute Gasteiger partial charge is 0.489 e. The highest BCUT2D eigenvalue weighted by atomic mass is 16.5. The lowest BCUT2D eigenvalue weighted by atomic mass is 10.0. The fraction of sp³-hybridized carbons (Fsp3) is 0.278. The van der Waals surface area contributed by atoms with Gasteiger partial charge in [0.1, 0.15) is 12.4 Å². The van der Waals surface area contributed by atoms with Crippen LogP contribution >= 0.6 is 0 Å². The molecule has 1 aliphatic heterocycles. The van der Waals surface area contributed by atoms with Gasteiger partial charge in [-0.3, -0.25) is 4.79 Å². The molecule has 2 aromatic carbocycles. The number of ether oxygens (including phenoxy) is 1. The standard InChI is InChI=1S/C18H19NO2/c1-13-8-9-17-18(10-13)21-12-16(19(17)14(2)20)11-15-6-4-3-5-7-15/h3-10,16H,11-12H2,1-2H3/t16-/m1/s1. The molecule has 0 fully saturated rings. The molecule has 21 heavy (non-hydrogen) atoms. The first-order chi connectivity index (χ1) is 10.1. The Bertz CT molecular complexity index is 652. The smallest absolute Gasteiger partial charge is 0.224 e. The topological polar surface area (TPSA) is 29.5 Å². The summed E-state index contributed by atoms with van der Waals surface area (Å²) in [6.45, 7) is 4.18. The summed E-state index contributed by atoms with van der Waals surface area (Å²) in [6, 6.07) is 16.2. The molecule has 0 saturated heterocycles. The summed E-state index contributed by atoms with van der Waals surface area (Å²) in [6.07, 6.45) is 0.799. The Morgan fingerprint density at radius 1 is 1.24 bits per heavy atom. The first kappa shape index (κ1) is 13.7. The second-order valence-electron chi connectivity index (χ2n) is 5.51. The average molecular weight is 281 g/mol. The van der Waals surface area contributed by atoms with E-state index < -0.39 is 0 Å². The number of benzene rings is 2. The van der Waals surface area contributed by atoms with Gasteiger partial charge in [0, 0.05) is 6.92 Å². The highest BCUT2D eigenvalue weighted by molar-refractivity contribution is 5.94. The van der Waals surface area contributed by atoms with Crippen LogP contribution in [0.3, 0.4) is 0 Å². The van der Waals surface area contributed by atoms with Gasteiger partial charge in [-0.15, -0.1) is 0 Å². The highest BCUT2D eigenvalue weighted by Crippen LogP contribution is 2.35. The molecule has 1 atom stereocenters. The number of fused-ring (bicyclic) bond motifs is 1. The van der Waals surface area contributed by atoms with E-state index in [1.54, 1.807) is 6.92 Å². The number of aryl methyl sites for hydroxylation is 1. The third-order valence-electron chi connectivity index (χ3n) is 3.82. The molecule has 3 rings (SSSR count). The molecule has 2 aromatic rings. The number of carbonyl (C=O) groups is 1. The lowest BCUT2D eigenvalue weighted by Gasteiger charge is -2.36. The number of hydrogen-bond acceptors (Lipinski definition) is 2. The Morgan fingerprint density at radius 2 is 2.00 bits per heavy atom. The number of carbonyl (C=O) groups excluding carboxylic acids is 1. The second kappa shape index (κ2) is 5.60. The summed E-state index contributed by atoms with van der Waals surface area (Å²) >= 11 is 0. The first-order valence-electron chi connectivity index (χ1n) is 7.22. The molecule has 3 nitrogen and oxygen atoms in total. The molecular weight excluding hydrogens is 262 g/mol. The van der Waals surface area contributed by atoms with E-state index >= 15 is 0 Å². The minimum absolute atomic E-state index is 0.0418. The van der Waals surface area contributed by atoms with Gasteiger partial charge in [-0.05, 0) is 36.6 Å². The van der Waals surface area contributed by atoms with Crippen molar-refractivity contribution in [3.8, 4) is 5.75 Å². The third-order valence-corrected chi connectivity index (χ3v) is 3.82. The lowest BCUT2D eigenvalue weighted by Crippen LogP contribution is -2.47. The molecule has 1 heterocycles. The van der Waals surface area contributed by atoms with Crippen LogP contribution in [0.4, 0.5) is 5.69 Å². The van der Waals surface area contributed by atoms with Crippen LogP contribution in [0.25, 0.3) is 0 Å².